The predicted molar refractivity (Wildman–Crippen MR) is 107 cm³/mol. The van der Waals surface area contributed by atoms with E-state index in [0.717, 1.165) is 52.0 Å². The monoisotopic (exact) mass is 460 g/mol. The summed E-state index contributed by atoms with van der Waals surface area (Å²) in [5.41, 5.74) is 0.839. The molecular formula is C17H22ClIN4O. The smallest absolute Gasteiger partial charge is 0.224 e. The summed E-state index contributed by atoms with van der Waals surface area (Å²) in [6.07, 6.45) is 3.44. The van der Waals surface area contributed by atoms with Crippen molar-refractivity contribution in [2.75, 3.05) is 32.1 Å². The minimum absolute atomic E-state index is 0.273. The Hall–Kier alpha value is -0.860. The lowest BCUT2D eigenvalue weighted by molar-refractivity contribution is 0.219. The van der Waals surface area contributed by atoms with Crippen molar-refractivity contribution in [2.45, 2.75) is 32.2 Å². The number of benzene rings is 1. The maximum atomic E-state index is 6.13. The van der Waals surface area contributed by atoms with Crippen LogP contribution in [0, 0.1) is 3.57 Å². The van der Waals surface area contributed by atoms with E-state index in [4.69, 9.17) is 16.3 Å². The van der Waals surface area contributed by atoms with Crippen LogP contribution < -0.4 is 10.1 Å². The number of methoxy groups -OCH3 is 1. The standard InChI is InChI=1S/C17H22ClIN4O/c1-3-6-23-7-4-11(5-8-23)20-16-12-9-15(24-2)13(19)10-14(12)21-17(18)22-16/h9-11H,3-8H2,1-2H3,(H,20,21,22). The van der Waals surface area contributed by atoms with Gasteiger partial charge in [0.15, 0.2) is 0 Å². The molecule has 0 aliphatic carbocycles. The number of rotatable bonds is 5. The molecule has 0 unspecified atom stereocenters. The van der Waals surface area contributed by atoms with Crippen molar-refractivity contribution in [3.05, 3.63) is 21.0 Å². The number of aromatic nitrogens is 2. The third kappa shape index (κ3) is 4.03. The fourth-order valence-corrected chi connectivity index (χ4v) is 4.03. The molecule has 2 heterocycles. The lowest BCUT2D eigenvalue weighted by atomic mass is 10.0. The number of hydrogen-bond acceptors (Lipinski definition) is 5. The molecule has 24 heavy (non-hydrogen) atoms. The molecule has 0 saturated carbocycles. The number of ether oxygens (including phenoxy) is 1. The third-order valence-corrected chi connectivity index (χ3v) is 5.42. The van der Waals surface area contributed by atoms with Crippen LogP contribution in [0.2, 0.25) is 5.28 Å². The van der Waals surface area contributed by atoms with Gasteiger partial charge in [-0.05, 0) is 72.1 Å². The highest BCUT2D eigenvalue weighted by Gasteiger charge is 2.20. The molecule has 1 aliphatic heterocycles. The summed E-state index contributed by atoms with van der Waals surface area (Å²) in [7, 11) is 1.68. The first kappa shape index (κ1) is 17.9. The van der Waals surface area contributed by atoms with Gasteiger partial charge >= 0.3 is 0 Å². The highest BCUT2D eigenvalue weighted by Crippen LogP contribution is 2.31. The molecule has 0 amide bonds. The molecule has 7 heteroatoms. The Kier molecular flexibility index (Phi) is 5.99. The molecule has 1 aliphatic rings. The summed E-state index contributed by atoms with van der Waals surface area (Å²) in [5, 5.41) is 4.80. The summed E-state index contributed by atoms with van der Waals surface area (Å²) >= 11 is 8.37. The van der Waals surface area contributed by atoms with Crippen LogP contribution in [-0.4, -0.2) is 47.7 Å². The SMILES string of the molecule is CCCN1CCC(Nc2nc(Cl)nc3cc(I)c(OC)cc23)CC1. The van der Waals surface area contributed by atoms with E-state index in [2.05, 4.69) is 49.7 Å². The second-order valence-electron chi connectivity index (χ2n) is 6.11. The zero-order chi connectivity index (χ0) is 17.1. The normalized spacial score (nSPS) is 16.5. The summed E-state index contributed by atoms with van der Waals surface area (Å²) < 4.78 is 6.45. The van der Waals surface area contributed by atoms with Crippen molar-refractivity contribution in [2.24, 2.45) is 0 Å². The molecule has 1 fully saturated rings. The molecule has 3 rings (SSSR count). The van der Waals surface area contributed by atoms with Gasteiger partial charge in [-0.3, -0.25) is 0 Å². The zero-order valence-electron chi connectivity index (χ0n) is 14.0. The first-order valence-electron chi connectivity index (χ1n) is 8.30. The number of piperidine rings is 1. The quantitative estimate of drug-likeness (QED) is 0.536. The van der Waals surface area contributed by atoms with Crippen molar-refractivity contribution in [3.63, 3.8) is 0 Å². The molecule has 130 valence electrons. The van der Waals surface area contributed by atoms with Gasteiger partial charge in [0.05, 0.1) is 16.2 Å². The summed E-state index contributed by atoms with van der Waals surface area (Å²) in [6.45, 7) is 5.67. The van der Waals surface area contributed by atoms with Gasteiger partial charge in [0.1, 0.15) is 11.6 Å². The van der Waals surface area contributed by atoms with E-state index in [1.54, 1.807) is 7.11 Å². The van der Waals surface area contributed by atoms with Crippen LogP contribution in [0.1, 0.15) is 26.2 Å². The van der Waals surface area contributed by atoms with Crippen molar-refractivity contribution in [1.82, 2.24) is 14.9 Å². The van der Waals surface area contributed by atoms with E-state index >= 15 is 0 Å². The van der Waals surface area contributed by atoms with Gasteiger partial charge in [0.2, 0.25) is 5.28 Å². The van der Waals surface area contributed by atoms with Crippen LogP contribution in [-0.2, 0) is 0 Å². The second kappa shape index (κ2) is 8.01. The van der Waals surface area contributed by atoms with Crippen LogP contribution >= 0.6 is 34.2 Å². The number of hydrogen-bond donors (Lipinski definition) is 1. The highest BCUT2D eigenvalue weighted by molar-refractivity contribution is 14.1. The summed E-state index contributed by atoms with van der Waals surface area (Å²) in [5.74, 6) is 1.63. The maximum Gasteiger partial charge on any atom is 0.224 e. The van der Waals surface area contributed by atoms with E-state index in [1.165, 1.54) is 13.0 Å². The van der Waals surface area contributed by atoms with Crippen LogP contribution in [0.3, 0.4) is 0 Å². The van der Waals surface area contributed by atoms with E-state index in [0.29, 0.717) is 6.04 Å². The molecule has 0 spiro atoms. The van der Waals surface area contributed by atoms with Gasteiger partial charge in [-0.1, -0.05) is 6.92 Å². The van der Waals surface area contributed by atoms with Gasteiger partial charge in [0.25, 0.3) is 0 Å². The molecule has 0 radical (unpaired) electrons. The summed E-state index contributed by atoms with van der Waals surface area (Å²) in [6, 6.07) is 4.39. The topological polar surface area (TPSA) is 50.3 Å². The van der Waals surface area contributed by atoms with Crippen molar-refractivity contribution in [1.29, 1.82) is 0 Å². The van der Waals surface area contributed by atoms with Crippen molar-refractivity contribution in [3.8, 4) is 5.75 Å². The Balaban J connectivity index is 1.84. The van der Waals surface area contributed by atoms with E-state index in [9.17, 15) is 0 Å². The molecule has 0 atom stereocenters. The summed E-state index contributed by atoms with van der Waals surface area (Å²) in [4.78, 5) is 11.3. The number of likely N-dealkylation sites (tertiary alicyclic amines) is 1. The number of nitrogens with one attached hydrogen (secondary N) is 1. The van der Waals surface area contributed by atoms with Crippen molar-refractivity contribution < 1.29 is 4.74 Å². The lowest BCUT2D eigenvalue weighted by Gasteiger charge is -2.32. The third-order valence-electron chi connectivity index (χ3n) is 4.41. The predicted octanol–water partition coefficient (Wildman–Crippen LogP) is 4.18. The minimum atomic E-state index is 0.273. The second-order valence-corrected chi connectivity index (χ2v) is 7.61. The van der Waals surface area contributed by atoms with Gasteiger partial charge in [0, 0.05) is 24.5 Å². The van der Waals surface area contributed by atoms with Gasteiger partial charge in [-0.25, -0.2) is 9.97 Å². The van der Waals surface area contributed by atoms with Crippen LogP contribution in [0.15, 0.2) is 12.1 Å². The first-order chi connectivity index (χ1) is 11.6. The number of nitrogens with zero attached hydrogens (tertiary/aromatic N) is 3. The van der Waals surface area contributed by atoms with E-state index in [1.807, 2.05) is 12.1 Å². The number of fused-ring (bicyclic) bond motifs is 1. The van der Waals surface area contributed by atoms with E-state index in [-0.39, 0.29) is 5.28 Å². The first-order valence-corrected chi connectivity index (χ1v) is 9.76. The lowest BCUT2D eigenvalue weighted by Crippen LogP contribution is -2.39. The largest absolute Gasteiger partial charge is 0.496 e. The Bertz CT molecular complexity index is 719. The Labute approximate surface area is 161 Å². The average Bonchev–Trinajstić information content (AvgIpc) is 2.56. The molecule has 0 bridgehead atoms. The van der Waals surface area contributed by atoms with Crippen LogP contribution in [0.25, 0.3) is 10.9 Å². The molecule has 2 aromatic rings. The molecule has 1 aromatic heterocycles. The molecule has 5 nitrogen and oxygen atoms in total. The fourth-order valence-electron chi connectivity index (χ4n) is 3.18. The molecular weight excluding hydrogens is 439 g/mol. The van der Waals surface area contributed by atoms with Crippen molar-refractivity contribution >= 4 is 50.9 Å². The number of halogens is 2. The van der Waals surface area contributed by atoms with Crippen LogP contribution in [0.5, 0.6) is 5.75 Å². The van der Waals surface area contributed by atoms with Gasteiger partial charge in [-0.15, -0.1) is 0 Å². The fraction of sp³-hybridized carbons (Fsp3) is 0.529. The number of anilines is 1. The Morgan fingerprint density at radius 1 is 1.33 bits per heavy atom. The van der Waals surface area contributed by atoms with Gasteiger partial charge in [-0.2, -0.15) is 0 Å². The molecule has 1 saturated heterocycles. The minimum Gasteiger partial charge on any atom is -0.496 e. The van der Waals surface area contributed by atoms with Gasteiger partial charge < -0.3 is 15.0 Å². The van der Waals surface area contributed by atoms with Crippen LogP contribution in [0.4, 0.5) is 5.82 Å². The van der Waals surface area contributed by atoms with E-state index < -0.39 is 0 Å². The highest BCUT2D eigenvalue weighted by atomic mass is 127. The average molecular weight is 461 g/mol. The molecule has 1 aromatic carbocycles. The Morgan fingerprint density at radius 3 is 2.75 bits per heavy atom. The maximum absolute atomic E-state index is 6.13. The molecule has 1 N–H and O–H groups in total. The zero-order valence-corrected chi connectivity index (χ0v) is 16.9. The Morgan fingerprint density at radius 2 is 2.08 bits per heavy atom.